The van der Waals surface area contributed by atoms with E-state index in [1.54, 1.807) is 18.2 Å². The van der Waals surface area contributed by atoms with Crippen LogP contribution < -0.4 is 10.7 Å². The molecule has 0 bridgehead atoms. The van der Waals surface area contributed by atoms with Gasteiger partial charge in [0.05, 0.1) is 18.9 Å². The Balaban J connectivity index is 1.72. The number of benzene rings is 1. The van der Waals surface area contributed by atoms with Crippen LogP contribution in [0.25, 0.3) is 0 Å². The van der Waals surface area contributed by atoms with E-state index in [0.29, 0.717) is 10.6 Å². The van der Waals surface area contributed by atoms with Crippen molar-refractivity contribution in [2.24, 2.45) is 5.10 Å². The van der Waals surface area contributed by atoms with Crippen LogP contribution in [0.5, 0.6) is 0 Å². The predicted octanol–water partition coefficient (Wildman–Crippen LogP) is 3.71. The maximum atomic E-state index is 13.5. The topological polar surface area (TPSA) is 79.8 Å². The lowest BCUT2D eigenvalue weighted by molar-refractivity contribution is 0.0601. The normalized spacial score (nSPS) is 13.3. The summed E-state index contributed by atoms with van der Waals surface area (Å²) in [7, 11) is 1.32. The second kappa shape index (κ2) is 8.09. The summed E-state index contributed by atoms with van der Waals surface area (Å²) in [5.74, 6) is -0.896. The molecule has 1 aliphatic rings. The SMILES string of the molecule is COC(=O)c1c(NC(=O)NN=Cc2ccccc2F)sc2c1CCCC2. The molecule has 0 aliphatic heterocycles. The van der Waals surface area contributed by atoms with E-state index in [0.717, 1.165) is 36.1 Å². The molecule has 1 aromatic carbocycles. The van der Waals surface area contributed by atoms with E-state index in [9.17, 15) is 14.0 Å². The minimum Gasteiger partial charge on any atom is -0.465 e. The molecule has 0 radical (unpaired) electrons. The number of hydrogen-bond donors (Lipinski definition) is 2. The summed E-state index contributed by atoms with van der Waals surface area (Å²) in [6, 6.07) is 5.48. The Labute approximate surface area is 154 Å². The van der Waals surface area contributed by atoms with E-state index in [1.165, 1.54) is 30.7 Å². The number of rotatable bonds is 4. The van der Waals surface area contributed by atoms with Gasteiger partial charge in [-0.15, -0.1) is 11.3 Å². The van der Waals surface area contributed by atoms with Gasteiger partial charge < -0.3 is 4.74 Å². The molecular weight excluding hydrogens is 357 g/mol. The molecule has 6 nitrogen and oxygen atoms in total. The highest BCUT2D eigenvalue weighted by atomic mass is 32.1. The van der Waals surface area contributed by atoms with E-state index < -0.39 is 17.8 Å². The quantitative estimate of drug-likeness (QED) is 0.486. The van der Waals surface area contributed by atoms with Crippen molar-refractivity contribution in [2.75, 3.05) is 12.4 Å². The number of nitrogens with one attached hydrogen (secondary N) is 2. The number of fused-ring (bicyclic) bond motifs is 1. The van der Waals surface area contributed by atoms with Crippen molar-refractivity contribution in [1.82, 2.24) is 5.43 Å². The van der Waals surface area contributed by atoms with E-state index in [-0.39, 0.29) is 5.56 Å². The molecular formula is C18H18FN3O3S. The Hall–Kier alpha value is -2.74. The van der Waals surface area contributed by atoms with Gasteiger partial charge in [0.25, 0.3) is 0 Å². The third-order valence-electron chi connectivity index (χ3n) is 4.06. The number of hydrazone groups is 1. The summed E-state index contributed by atoms with van der Waals surface area (Å²) in [5, 5.41) is 6.83. The number of esters is 1. The van der Waals surface area contributed by atoms with E-state index in [2.05, 4.69) is 15.8 Å². The number of anilines is 1. The summed E-state index contributed by atoms with van der Waals surface area (Å²) in [5.41, 5.74) is 3.91. The van der Waals surface area contributed by atoms with Crippen LogP contribution in [0, 0.1) is 5.82 Å². The molecule has 0 atom stereocenters. The van der Waals surface area contributed by atoms with Crippen molar-refractivity contribution >= 4 is 34.6 Å². The van der Waals surface area contributed by atoms with Crippen molar-refractivity contribution < 1.29 is 18.7 Å². The third-order valence-corrected chi connectivity index (χ3v) is 5.27. The molecule has 1 heterocycles. The summed E-state index contributed by atoms with van der Waals surface area (Å²) in [6.07, 6.45) is 4.97. The molecule has 3 rings (SSSR count). The molecule has 0 unspecified atom stereocenters. The van der Waals surface area contributed by atoms with Crippen LogP contribution in [0.3, 0.4) is 0 Å². The molecule has 0 saturated carbocycles. The number of hydrogen-bond acceptors (Lipinski definition) is 5. The number of thiophene rings is 1. The van der Waals surface area contributed by atoms with Gasteiger partial charge in [0.15, 0.2) is 0 Å². The van der Waals surface area contributed by atoms with Gasteiger partial charge in [0.1, 0.15) is 10.8 Å². The van der Waals surface area contributed by atoms with Gasteiger partial charge in [-0.3, -0.25) is 5.32 Å². The van der Waals surface area contributed by atoms with Gasteiger partial charge in [-0.1, -0.05) is 18.2 Å². The minimum atomic E-state index is -0.610. The van der Waals surface area contributed by atoms with Crippen LogP contribution in [0.1, 0.15) is 39.2 Å². The van der Waals surface area contributed by atoms with E-state index >= 15 is 0 Å². The molecule has 2 amide bonds. The molecule has 1 aliphatic carbocycles. The highest BCUT2D eigenvalue weighted by Gasteiger charge is 2.26. The molecule has 136 valence electrons. The Morgan fingerprint density at radius 2 is 2.04 bits per heavy atom. The summed E-state index contributed by atoms with van der Waals surface area (Å²) < 4.78 is 18.4. The van der Waals surface area contributed by atoms with Gasteiger partial charge in [-0.2, -0.15) is 5.10 Å². The predicted molar refractivity (Wildman–Crippen MR) is 98.4 cm³/mol. The van der Waals surface area contributed by atoms with Crippen LogP contribution in [0.4, 0.5) is 14.2 Å². The van der Waals surface area contributed by atoms with Gasteiger partial charge in [-0.05, 0) is 37.3 Å². The van der Waals surface area contributed by atoms with Gasteiger partial charge in [0, 0.05) is 10.4 Å². The smallest absolute Gasteiger partial charge is 0.341 e. The number of methoxy groups -OCH3 is 1. The monoisotopic (exact) mass is 375 g/mol. The number of nitrogens with zero attached hydrogens (tertiary/aromatic N) is 1. The first-order chi connectivity index (χ1) is 12.6. The van der Waals surface area contributed by atoms with Crippen LogP contribution in [-0.4, -0.2) is 25.3 Å². The molecule has 0 fully saturated rings. The van der Waals surface area contributed by atoms with Gasteiger partial charge in [0.2, 0.25) is 0 Å². The van der Waals surface area contributed by atoms with Crippen LogP contribution in [0.15, 0.2) is 29.4 Å². The van der Waals surface area contributed by atoms with Gasteiger partial charge >= 0.3 is 12.0 Å². The average Bonchev–Trinajstić information content (AvgIpc) is 3.00. The van der Waals surface area contributed by atoms with Crippen LogP contribution >= 0.6 is 11.3 Å². The number of halogens is 1. The molecule has 26 heavy (non-hydrogen) atoms. The number of urea groups is 1. The fourth-order valence-electron chi connectivity index (χ4n) is 2.84. The fourth-order valence-corrected chi connectivity index (χ4v) is 4.12. The third kappa shape index (κ3) is 3.91. The average molecular weight is 375 g/mol. The zero-order valence-corrected chi connectivity index (χ0v) is 15.0. The highest BCUT2D eigenvalue weighted by molar-refractivity contribution is 7.17. The van der Waals surface area contributed by atoms with Crippen molar-refractivity contribution in [3.63, 3.8) is 0 Å². The summed E-state index contributed by atoms with van der Waals surface area (Å²) >= 11 is 1.38. The maximum absolute atomic E-state index is 13.5. The zero-order chi connectivity index (χ0) is 18.5. The first-order valence-corrected chi connectivity index (χ1v) is 8.99. The Bertz CT molecular complexity index is 863. The lowest BCUT2D eigenvalue weighted by Gasteiger charge is -2.11. The van der Waals surface area contributed by atoms with Gasteiger partial charge in [-0.25, -0.2) is 19.4 Å². The van der Waals surface area contributed by atoms with Crippen LogP contribution in [-0.2, 0) is 17.6 Å². The summed E-state index contributed by atoms with van der Waals surface area (Å²) in [6.45, 7) is 0. The maximum Gasteiger partial charge on any atom is 0.341 e. The molecule has 2 aromatic rings. The zero-order valence-electron chi connectivity index (χ0n) is 14.2. The summed E-state index contributed by atoms with van der Waals surface area (Å²) in [4.78, 5) is 25.3. The number of aryl methyl sites for hydroxylation is 1. The fraction of sp³-hybridized carbons (Fsp3) is 0.278. The molecule has 1 aromatic heterocycles. The number of ether oxygens (including phenoxy) is 1. The molecule has 8 heteroatoms. The first-order valence-electron chi connectivity index (χ1n) is 8.17. The number of carbonyl (C=O) groups excluding carboxylic acids is 2. The number of carbonyl (C=O) groups is 2. The minimum absolute atomic E-state index is 0.259. The molecule has 0 saturated heterocycles. The van der Waals surface area contributed by atoms with E-state index in [1.807, 2.05) is 0 Å². The Kier molecular flexibility index (Phi) is 5.62. The Morgan fingerprint density at radius 3 is 2.81 bits per heavy atom. The molecule has 2 N–H and O–H groups in total. The molecule has 0 spiro atoms. The van der Waals surface area contributed by atoms with Crippen molar-refractivity contribution in [1.29, 1.82) is 0 Å². The van der Waals surface area contributed by atoms with Crippen molar-refractivity contribution in [3.05, 3.63) is 51.7 Å². The second-order valence-electron chi connectivity index (χ2n) is 5.75. The van der Waals surface area contributed by atoms with Crippen molar-refractivity contribution in [2.45, 2.75) is 25.7 Å². The largest absolute Gasteiger partial charge is 0.465 e. The first kappa shape index (κ1) is 18.1. The Morgan fingerprint density at radius 1 is 1.27 bits per heavy atom. The lowest BCUT2D eigenvalue weighted by Crippen LogP contribution is -2.25. The van der Waals surface area contributed by atoms with Crippen LogP contribution in [0.2, 0.25) is 0 Å². The van der Waals surface area contributed by atoms with E-state index in [4.69, 9.17) is 4.74 Å². The van der Waals surface area contributed by atoms with Crippen molar-refractivity contribution in [3.8, 4) is 0 Å². The lowest BCUT2D eigenvalue weighted by atomic mass is 9.95. The second-order valence-corrected chi connectivity index (χ2v) is 6.86. The number of amides is 2. The standard InChI is InChI=1S/C18H18FN3O3S/c1-25-17(23)15-12-7-3-5-9-14(12)26-16(15)21-18(24)22-20-10-11-6-2-4-8-13(11)19/h2,4,6,8,10H,3,5,7,9H2,1H3,(H2,21,22,24). The highest BCUT2D eigenvalue weighted by Crippen LogP contribution is 2.38.